The second-order valence-electron chi connectivity index (χ2n) is 9.12. The number of carbonyl (C=O) groups excluding carboxylic acids is 2. The predicted octanol–water partition coefficient (Wildman–Crippen LogP) is 5.27. The number of benzene rings is 2. The lowest BCUT2D eigenvalue weighted by atomic mass is 10.1. The van der Waals surface area contributed by atoms with E-state index >= 15 is 0 Å². The van der Waals surface area contributed by atoms with Crippen LogP contribution in [0.5, 0.6) is 17.2 Å². The van der Waals surface area contributed by atoms with Crippen LogP contribution in [0.25, 0.3) is 10.2 Å². The van der Waals surface area contributed by atoms with E-state index in [0.29, 0.717) is 38.3 Å². The first-order valence-corrected chi connectivity index (χ1v) is 12.9. The summed E-state index contributed by atoms with van der Waals surface area (Å²) in [5.41, 5.74) is 2.64. The summed E-state index contributed by atoms with van der Waals surface area (Å²) in [6.45, 7) is 3.58. The fraction of sp³-hybridized carbons (Fsp3) is 0.222. The van der Waals surface area contributed by atoms with Crippen molar-refractivity contribution in [1.82, 2.24) is 15.6 Å². The first kappa shape index (κ1) is 23.3. The number of nitrogens with zero attached hydrogens (tertiary/aromatic N) is 2. The molecule has 4 N–H and O–H groups in total. The molecule has 37 heavy (non-hydrogen) atoms. The van der Waals surface area contributed by atoms with Crippen LogP contribution in [-0.4, -0.2) is 41.2 Å². The predicted molar refractivity (Wildman–Crippen MR) is 143 cm³/mol. The molecule has 2 aliphatic rings. The fourth-order valence-electron chi connectivity index (χ4n) is 4.82. The van der Waals surface area contributed by atoms with Gasteiger partial charge in [-0.05, 0) is 68.3 Å². The summed E-state index contributed by atoms with van der Waals surface area (Å²) in [5, 5.41) is 20.1. The number of pyridine rings is 1. The van der Waals surface area contributed by atoms with E-state index in [-0.39, 0.29) is 23.7 Å². The molecule has 0 unspecified atom stereocenters. The molecule has 2 aromatic heterocycles. The summed E-state index contributed by atoms with van der Waals surface area (Å²) in [4.78, 5) is 33.8. The molecule has 2 aromatic carbocycles. The monoisotopic (exact) mass is 515 g/mol. The van der Waals surface area contributed by atoms with Gasteiger partial charge in [0.1, 0.15) is 15.5 Å². The molecule has 0 saturated carbocycles. The van der Waals surface area contributed by atoms with Gasteiger partial charge >= 0.3 is 6.03 Å². The van der Waals surface area contributed by atoms with Crippen molar-refractivity contribution in [3.05, 3.63) is 65.2 Å². The Labute approximate surface area is 217 Å². The third-order valence-electron chi connectivity index (χ3n) is 6.59. The molecule has 3 amide bonds. The van der Waals surface area contributed by atoms with Crippen molar-refractivity contribution in [2.75, 3.05) is 23.3 Å². The Bertz CT molecular complexity index is 1530. The zero-order valence-corrected chi connectivity index (χ0v) is 20.9. The Balaban J connectivity index is 1.34. The van der Waals surface area contributed by atoms with Gasteiger partial charge in [-0.3, -0.25) is 9.69 Å². The number of rotatable bonds is 5. The topological polar surface area (TPSA) is 116 Å². The van der Waals surface area contributed by atoms with Crippen LogP contribution in [0, 0.1) is 6.92 Å². The third kappa shape index (κ3) is 4.24. The van der Waals surface area contributed by atoms with Gasteiger partial charge < -0.3 is 25.8 Å². The van der Waals surface area contributed by atoms with Crippen molar-refractivity contribution in [3.63, 3.8) is 0 Å². The highest BCUT2D eigenvalue weighted by molar-refractivity contribution is 7.21. The van der Waals surface area contributed by atoms with Crippen molar-refractivity contribution < 1.29 is 19.4 Å². The number of phenolic OH excluding ortho intramolecular Hbond substituents is 1. The number of piperidine rings is 1. The highest BCUT2D eigenvalue weighted by Crippen LogP contribution is 2.46. The fourth-order valence-corrected chi connectivity index (χ4v) is 5.84. The molecule has 0 bridgehead atoms. The Hall–Kier alpha value is -4.15. The zero-order valence-electron chi connectivity index (χ0n) is 20.1. The summed E-state index contributed by atoms with van der Waals surface area (Å²) in [6, 6.07) is 13.6. The van der Waals surface area contributed by atoms with Crippen molar-refractivity contribution >= 4 is 50.6 Å². The lowest BCUT2D eigenvalue weighted by Crippen LogP contribution is -2.45. The van der Waals surface area contributed by atoms with E-state index in [0.717, 1.165) is 36.9 Å². The van der Waals surface area contributed by atoms with Crippen LogP contribution < -0.4 is 25.6 Å². The number of para-hydroxylation sites is 2. The van der Waals surface area contributed by atoms with Crippen molar-refractivity contribution in [2.45, 2.75) is 25.8 Å². The second kappa shape index (κ2) is 9.38. The Morgan fingerprint density at radius 2 is 2.08 bits per heavy atom. The van der Waals surface area contributed by atoms with E-state index in [4.69, 9.17) is 4.74 Å². The molecule has 0 radical (unpaired) electrons. The van der Waals surface area contributed by atoms with Gasteiger partial charge in [-0.1, -0.05) is 12.1 Å². The number of aromatic nitrogens is 1. The van der Waals surface area contributed by atoms with Crippen molar-refractivity contribution in [2.24, 2.45) is 0 Å². The van der Waals surface area contributed by atoms with E-state index < -0.39 is 0 Å². The molecule has 9 nitrogen and oxygen atoms in total. The van der Waals surface area contributed by atoms with Gasteiger partial charge in [0.25, 0.3) is 5.91 Å². The number of hydrogen-bond donors (Lipinski definition) is 4. The highest BCUT2D eigenvalue weighted by atomic mass is 32.1. The zero-order chi connectivity index (χ0) is 25.5. The minimum Gasteiger partial charge on any atom is -0.504 e. The normalized spacial score (nSPS) is 16.9. The van der Waals surface area contributed by atoms with Crippen LogP contribution in [0.3, 0.4) is 0 Å². The number of anilines is 3. The van der Waals surface area contributed by atoms with Crippen molar-refractivity contribution in [1.29, 1.82) is 0 Å². The first-order chi connectivity index (χ1) is 18.0. The molecular formula is C27H25N5O4S. The van der Waals surface area contributed by atoms with Crippen LogP contribution in [0.15, 0.2) is 54.7 Å². The smallest absolute Gasteiger partial charge is 0.331 e. The summed E-state index contributed by atoms with van der Waals surface area (Å²) in [5.74, 6) is 0.725. The molecule has 6 rings (SSSR count). The number of amides is 3. The molecule has 1 atom stereocenters. The summed E-state index contributed by atoms with van der Waals surface area (Å²) < 4.78 is 5.84. The Morgan fingerprint density at radius 1 is 1.22 bits per heavy atom. The molecule has 10 heteroatoms. The highest BCUT2D eigenvalue weighted by Gasteiger charge is 2.33. The minimum absolute atomic E-state index is 0.0448. The molecule has 0 spiro atoms. The maximum atomic E-state index is 13.4. The molecule has 4 aromatic rings. The number of urea groups is 1. The number of thiophene rings is 1. The lowest BCUT2D eigenvalue weighted by molar-refractivity contribution is 0.0935. The van der Waals surface area contributed by atoms with Gasteiger partial charge in [0, 0.05) is 18.8 Å². The molecule has 1 saturated heterocycles. The Kier molecular flexibility index (Phi) is 5.90. The van der Waals surface area contributed by atoms with E-state index in [1.807, 2.05) is 13.0 Å². The third-order valence-corrected chi connectivity index (χ3v) is 7.68. The minimum atomic E-state index is -0.357. The van der Waals surface area contributed by atoms with Gasteiger partial charge in [0.05, 0.1) is 22.4 Å². The largest absolute Gasteiger partial charge is 0.504 e. The quantitative estimate of drug-likeness (QED) is 0.288. The van der Waals surface area contributed by atoms with Crippen LogP contribution in [0.1, 0.15) is 28.1 Å². The molecule has 2 aliphatic heterocycles. The molecule has 4 heterocycles. The van der Waals surface area contributed by atoms with Crippen LogP contribution in [0.2, 0.25) is 0 Å². The van der Waals surface area contributed by atoms with Gasteiger partial charge in [-0.15, -0.1) is 11.3 Å². The average molecular weight is 516 g/mol. The maximum absolute atomic E-state index is 13.4. The number of phenols is 1. The SMILES string of the molecule is Cc1cc(Oc2ccccc2O)ccc1N1C(=O)Nc2c(C(=O)N[C@@H]3CCCNC3)sc3nccc1c23. The maximum Gasteiger partial charge on any atom is 0.331 e. The Morgan fingerprint density at radius 3 is 2.86 bits per heavy atom. The van der Waals surface area contributed by atoms with E-state index in [2.05, 4.69) is 20.9 Å². The summed E-state index contributed by atoms with van der Waals surface area (Å²) in [7, 11) is 0. The van der Waals surface area contributed by atoms with Crippen LogP contribution in [0.4, 0.5) is 21.9 Å². The van der Waals surface area contributed by atoms with Crippen LogP contribution in [-0.2, 0) is 0 Å². The van der Waals surface area contributed by atoms with Gasteiger partial charge in [0.2, 0.25) is 0 Å². The van der Waals surface area contributed by atoms with E-state index in [9.17, 15) is 14.7 Å². The van der Waals surface area contributed by atoms with Gasteiger partial charge in [-0.2, -0.15) is 0 Å². The number of ether oxygens (including phenoxy) is 1. The lowest BCUT2D eigenvalue weighted by Gasteiger charge is -2.30. The molecule has 1 fully saturated rings. The first-order valence-electron chi connectivity index (χ1n) is 12.1. The number of hydrogen-bond acceptors (Lipinski definition) is 7. The number of aryl methyl sites for hydroxylation is 1. The standard InChI is InChI=1S/C27H25N5O4S/c1-15-13-17(36-21-7-3-2-6-20(21)33)8-9-18(15)32-19-10-12-29-26-22(19)23(31-27(32)35)24(37-26)25(34)30-16-5-4-11-28-14-16/h2-3,6-10,12-13,16,28,33H,4-5,11,14H2,1H3,(H,30,34)(H,31,35)/t16-/m1/s1. The van der Waals surface area contributed by atoms with E-state index in [1.54, 1.807) is 53.6 Å². The number of aromatic hydroxyl groups is 1. The molecule has 188 valence electrons. The van der Waals surface area contributed by atoms with Gasteiger partial charge in [0.15, 0.2) is 11.5 Å². The molecule has 0 aliphatic carbocycles. The summed E-state index contributed by atoms with van der Waals surface area (Å²) >= 11 is 1.28. The van der Waals surface area contributed by atoms with Crippen LogP contribution >= 0.6 is 11.3 Å². The number of nitrogens with one attached hydrogen (secondary N) is 3. The van der Waals surface area contributed by atoms with Gasteiger partial charge in [-0.25, -0.2) is 9.78 Å². The van der Waals surface area contributed by atoms with E-state index in [1.165, 1.54) is 11.3 Å². The van der Waals surface area contributed by atoms with Crippen molar-refractivity contribution in [3.8, 4) is 17.2 Å². The number of carbonyl (C=O) groups is 2. The molecular weight excluding hydrogens is 490 g/mol. The second-order valence-corrected chi connectivity index (χ2v) is 10.1. The summed E-state index contributed by atoms with van der Waals surface area (Å²) in [6.07, 6.45) is 3.59. The average Bonchev–Trinajstić information content (AvgIpc) is 3.27.